The molecule has 0 aliphatic rings. The minimum Gasteiger partial charge on any atom is -0.396 e. The minimum absolute atomic E-state index is 0.103. The summed E-state index contributed by atoms with van der Waals surface area (Å²) in [6.07, 6.45) is 1.19. The van der Waals surface area contributed by atoms with E-state index in [0.29, 0.717) is 24.0 Å². The molecule has 3 aromatic carbocycles. The first-order chi connectivity index (χ1) is 14.7. The predicted octanol–water partition coefficient (Wildman–Crippen LogP) is 4.10. The molecule has 0 bridgehead atoms. The first-order valence-corrected chi connectivity index (χ1v) is 9.79. The Morgan fingerprint density at radius 3 is 1.77 bits per heavy atom. The summed E-state index contributed by atoms with van der Waals surface area (Å²) in [6, 6.07) is 26.4. The molecular formula is C28H22O2. The van der Waals surface area contributed by atoms with Gasteiger partial charge in [-0.2, -0.15) is 0 Å². The monoisotopic (exact) mass is 390 g/mol. The first-order valence-electron chi connectivity index (χ1n) is 9.79. The van der Waals surface area contributed by atoms with Crippen LogP contribution < -0.4 is 0 Å². The van der Waals surface area contributed by atoms with E-state index in [0.717, 1.165) is 11.1 Å². The first kappa shape index (κ1) is 21.0. The normalized spacial score (nSPS) is 9.93. The molecule has 3 rings (SSSR count). The Bertz CT molecular complexity index is 1090. The van der Waals surface area contributed by atoms with Crippen molar-refractivity contribution in [2.75, 3.05) is 6.61 Å². The van der Waals surface area contributed by atoms with Crippen LogP contribution in [0.25, 0.3) is 0 Å². The van der Waals surface area contributed by atoms with Gasteiger partial charge in [-0.3, -0.25) is 0 Å². The van der Waals surface area contributed by atoms with E-state index in [1.54, 1.807) is 6.07 Å². The van der Waals surface area contributed by atoms with Gasteiger partial charge < -0.3 is 10.2 Å². The number of benzene rings is 3. The van der Waals surface area contributed by atoms with Crippen LogP contribution >= 0.6 is 0 Å². The molecule has 0 amide bonds. The van der Waals surface area contributed by atoms with Crippen LogP contribution in [0.3, 0.4) is 0 Å². The summed E-state index contributed by atoms with van der Waals surface area (Å²) in [4.78, 5) is 0. The number of hydrogen-bond acceptors (Lipinski definition) is 2. The van der Waals surface area contributed by atoms with Crippen molar-refractivity contribution in [3.63, 3.8) is 0 Å². The largest absolute Gasteiger partial charge is 0.396 e. The third kappa shape index (κ3) is 5.88. The second kappa shape index (κ2) is 10.7. The molecule has 0 aliphatic heterocycles. The second-order valence-corrected chi connectivity index (χ2v) is 6.62. The number of aliphatic hydroxyl groups is 2. The van der Waals surface area contributed by atoms with Gasteiger partial charge in [0.15, 0.2) is 0 Å². The third-order valence-corrected chi connectivity index (χ3v) is 4.32. The Hall–Kier alpha value is -3.74. The molecule has 0 spiro atoms. The molecule has 0 aliphatic carbocycles. The van der Waals surface area contributed by atoms with Gasteiger partial charge in [0, 0.05) is 35.3 Å². The van der Waals surface area contributed by atoms with Gasteiger partial charge in [-0.1, -0.05) is 78.3 Å². The Kier molecular flexibility index (Phi) is 7.49. The van der Waals surface area contributed by atoms with E-state index in [-0.39, 0.29) is 6.61 Å². The molecule has 0 fully saturated rings. The summed E-state index contributed by atoms with van der Waals surface area (Å²) >= 11 is 0. The van der Waals surface area contributed by atoms with E-state index in [1.165, 1.54) is 0 Å². The smallest absolute Gasteiger partial charge is 0.215 e. The molecule has 0 unspecified atom stereocenters. The van der Waals surface area contributed by atoms with Gasteiger partial charge in [0.05, 0.1) is 0 Å². The summed E-state index contributed by atoms with van der Waals surface area (Å²) < 4.78 is 0. The Labute approximate surface area is 178 Å². The van der Waals surface area contributed by atoms with Crippen molar-refractivity contribution < 1.29 is 10.2 Å². The van der Waals surface area contributed by atoms with E-state index < -0.39 is 5.60 Å². The van der Waals surface area contributed by atoms with Gasteiger partial charge in [-0.05, 0) is 48.6 Å². The topological polar surface area (TPSA) is 40.5 Å². The van der Waals surface area contributed by atoms with E-state index in [1.807, 2.05) is 78.9 Å². The summed E-state index contributed by atoms with van der Waals surface area (Å²) in [6.45, 7) is 0.103. The average Bonchev–Trinajstić information content (AvgIpc) is 2.81. The fourth-order valence-corrected chi connectivity index (χ4v) is 2.77. The van der Waals surface area contributed by atoms with Gasteiger partial charge in [0.2, 0.25) is 5.60 Å². The molecule has 2 heteroatoms. The molecule has 0 heterocycles. The van der Waals surface area contributed by atoms with Crippen molar-refractivity contribution in [3.05, 3.63) is 107 Å². The highest BCUT2D eigenvalue weighted by Crippen LogP contribution is 2.24. The maximum atomic E-state index is 11.5. The lowest BCUT2D eigenvalue weighted by molar-refractivity contribution is 0.164. The average molecular weight is 390 g/mol. The zero-order valence-corrected chi connectivity index (χ0v) is 16.6. The van der Waals surface area contributed by atoms with Crippen LogP contribution in [-0.4, -0.2) is 16.8 Å². The van der Waals surface area contributed by atoms with E-state index in [9.17, 15) is 5.11 Å². The van der Waals surface area contributed by atoms with Crippen molar-refractivity contribution >= 4 is 0 Å². The number of aliphatic hydroxyl groups excluding tert-OH is 1. The minimum atomic E-state index is -1.69. The van der Waals surface area contributed by atoms with Crippen molar-refractivity contribution in [3.8, 4) is 35.5 Å². The van der Waals surface area contributed by atoms with Crippen LogP contribution in [0.1, 0.15) is 35.1 Å². The summed E-state index contributed by atoms with van der Waals surface area (Å²) in [7, 11) is 0. The molecule has 146 valence electrons. The van der Waals surface area contributed by atoms with Gasteiger partial charge >= 0.3 is 0 Å². The molecule has 0 radical (unpaired) electrons. The van der Waals surface area contributed by atoms with E-state index in [2.05, 4.69) is 35.5 Å². The summed E-state index contributed by atoms with van der Waals surface area (Å²) in [5, 5.41) is 20.5. The van der Waals surface area contributed by atoms with Crippen LogP contribution in [0.2, 0.25) is 0 Å². The van der Waals surface area contributed by atoms with Crippen LogP contribution in [0.15, 0.2) is 84.9 Å². The maximum absolute atomic E-state index is 11.5. The quantitative estimate of drug-likeness (QED) is 0.522. The zero-order valence-electron chi connectivity index (χ0n) is 16.6. The van der Waals surface area contributed by atoms with Crippen LogP contribution in [0, 0.1) is 35.5 Å². The highest BCUT2D eigenvalue weighted by molar-refractivity contribution is 5.54. The SMILES string of the molecule is OCCCC#Cc1ccccc1C(O)(C#Cc1ccccc1)C#Cc1ccccc1. The molecule has 0 atom stereocenters. The van der Waals surface area contributed by atoms with Crippen molar-refractivity contribution in [2.24, 2.45) is 0 Å². The predicted molar refractivity (Wildman–Crippen MR) is 120 cm³/mol. The number of hydrogen-bond donors (Lipinski definition) is 2. The van der Waals surface area contributed by atoms with Crippen molar-refractivity contribution in [1.29, 1.82) is 0 Å². The van der Waals surface area contributed by atoms with Gasteiger partial charge in [-0.25, -0.2) is 0 Å². The van der Waals surface area contributed by atoms with Crippen LogP contribution in [0.5, 0.6) is 0 Å². The van der Waals surface area contributed by atoms with E-state index >= 15 is 0 Å². The fourth-order valence-electron chi connectivity index (χ4n) is 2.77. The Morgan fingerprint density at radius 1 is 0.667 bits per heavy atom. The van der Waals surface area contributed by atoms with Crippen LogP contribution in [0.4, 0.5) is 0 Å². The van der Waals surface area contributed by atoms with Crippen molar-refractivity contribution in [1.82, 2.24) is 0 Å². The van der Waals surface area contributed by atoms with Crippen molar-refractivity contribution in [2.45, 2.75) is 18.4 Å². The standard InChI is InChI=1S/C28H22O2/c29-23-11-3-8-16-26-17-9-10-18-27(26)28(30,21-19-24-12-4-1-5-13-24)22-20-25-14-6-2-7-15-25/h1-2,4-7,9-10,12-15,17-18,29-30H,3,11,23H2. The molecule has 0 saturated heterocycles. The number of rotatable bonds is 3. The summed E-state index contributed by atoms with van der Waals surface area (Å²) in [5.74, 6) is 18.1. The second-order valence-electron chi connectivity index (χ2n) is 6.62. The Balaban J connectivity index is 2.07. The van der Waals surface area contributed by atoms with Crippen LogP contribution in [-0.2, 0) is 5.60 Å². The molecule has 2 N–H and O–H groups in total. The molecule has 0 saturated carbocycles. The maximum Gasteiger partial charge on any atom is 0.215 e. The van der Waals surface area contributed by atoms with Gasteiger partial charge in [0.1, 0.15) is 0 Å². The fraction of sp³-hybridized carbons (Fsp3) is 0.143. The number of unbranched alkanes of at least 4 members (excludes halogenated alkanes) is 1. The lowest BCUT2D eigenvalue weighted by Gasteiger charge is -2.18. The Morgan fingerprint density at radius 2 is 1.20 bits per heavy atom. The molecular weight excluding hydrogens is 368 g/mol. The lowest BCUT2D eigenvalue weighted by atomic mass is 9.90. The highest BCUT2D eigenvalue weighted by Gasteiger charge is 2.27. The molecule has 30 heavy (non-hydrogen) atoms. The third-order valence-electron chi connectivity index (χ3n) is 4.32. The zero-order chi connectivity index (χ0) is 21.1. The summed E-state index contributed by atoms with van der Waals surface area (Å²) in [5.41, 5.74) is 1.12. The molecule has 2 nitrogen and oxygen atoms in total. The molecule has 3 aromatic rings. The van der Waals surface area contributed by atoms with Gasteiger partial charge in [0.25, 0.3) is 0 Å². The van der Waals surface area contributed by atoms with Gasteiger partial charge in [-0.15, -0.1) is 0 Å². The highest BCUT2D eigenvalue weighted by atomic mass is 16.3. The lowest BCUT2D eigenvalue weighted by Crippen LogP contribution is -2.23. The molecule has 0 aromatic heterocycles. The van der Waals surface area contributed by atoms with E-state index in [4.69, 9.17) is 5.11 Å².